The SMILES string of the molecule is O=C1C=C(Oc2ccccc2)C(=O)N1Cl. The highest BCUT2D eigenvalue weighted by atomic mass is 35.5. The topological polar surface area (TPSA) is 46.6 Å². The van der Waals surface area contributed by atoms with Crippen molar-refractivity contribution in [3.63, 3.8) is 0 Å². The Morgan fingerprint density at radius 2 is 1.80 bits per heavy atom. The van der Waals surface area contributed by atoms with Crippen molar-refractivity contribution in [2.24, 2.45) is 0 Å². The Kier molecular flexibility index (Phi) is 2.43. The number of para-hydroxylation sites is 1. The van der Waals surface area contributed by atoms with Crippen LogP contribution in [0.5, 0.6) is 5.75 Å². The van der Waals surface area contributed by atoms with Crippen LogP contribution < -0.4 is 4.74 Å². The summed E-state index contributed by atoms with van der Waals surface area (Å²) < 4.78 is 5.68. The van der Waals surface area contributed by atoms with E-state index in [0.29, 0.717) is 10.2 Å². The van der Waals surface area contributed by atoms with Crippen LogP contribution in [-0.4, -0.2) is 16.2 Å². The van der Waals surface area contributed by atoms with Crippen molar-refractivity contribution in [3.8, 4) is 5.75 Å². The Hall–Kier alpha value is -1.81. The van der Waals surface area contributed by atoms with E-state index in [1.807, 2.05) is 6.07 Å². The normalized spacial score (nSPS) is 15.5. The summed E-state index contributed by atoms with van der Waals surface area (Å²) in [4.78, 5) is 22.3. The number of rotatable bonds is 2. The molecule has 0 unspecified atom stereocenters. The first kappa shape index (κ1) is 9.73. The van der Waals surface area contributed by atoms with Gasteiger partial charge in [0, 0.05) is 11.8 Å². The van der Waals surface area contributed by atoms with Gasteiger partial charge in [-0.15, -0.1) is 0 Å². The number of hydrogen-bond acceptors (Lipinski definition) is 3. The van der Waals surface area contributed by atoms with Gasteiger partial charge in [0.25, 0.3) is 5.91 Å². The van der Waals surface area contributed by atoms with Crippen molar-refractivity contribution in [3.05, 3.63) is 42.2 Å². The first-order valence-corrected chi connectivity index (χ1v) is 4.51. The molecule has 0 bridgehead atoms. The average molecular weight is 224 g/mol. The van der Waals surface area contributed by atoms with Crippen molar-refractivity contribution in [2.45, 2.75) is 0 Å². The minimum atomic E-state index is -0.648. The predicted molar refractivity (Wildman–Crippen MR) is 52.9 cm³/mol. The van der Waals surface area contributed by atoms with Gasteiger partial charge in [0.1, 0.15) is 5.75 Å². The molecule has 76 valence electrons. The molecule has 1 aromatic carbocycles. The van der Waals surface area contributed by atoms with Crippen LogP contribution in [0.3, 0.4) is 0 Å². The number of ether oxygens (including phenoxy) is 1. The number of halogens is 1. The molecule has 0 aromatic heterocycles. The Morgan fingerprint density at radius 1 is 1.13 bits per heavy atom. The van der Waals surface area contributed by atoms with E-state index < -0.39 is 11.8 Å². The third-order valence-corrected chi connectivity index (χ3v) is 2.13. The fourth-order valence-electron chi connectivity index (χ4n) is 1.12. The van der Waals surface area contributed by atoms with Gasteiger partial charge in [-0.05, 0) is 12.1 Å². The number of hydrogen-bond donors (Lipinski definition) is 0. The smallest absolute Gasteiger partial charge is 0.311 e. The largest absolute Gasteiger partial charge is 0.451 e. The van der Waals surface area contributed by atoms with Crippen LogP contribution in [0.15, 0.2) is 42.2 Å². The predicted octanol–water partition coefficient (Wildman–Crippen LogP) is 1.47. The van der Waals surface area contributed by atoms with Crippen molar-refractivity contribution >= 4 is 23.6 Å². The molecule has 1 aromatic rings. The van der Waals surface area contributed by atoms with Crippen LogP contribution in [0.4, 0.5) is 0 Å². The quantitative estimate of drug-likeness (QED) is 0.564. The maximum Gasteiger partial charge on any atom is 0.311 e. The number of carbonyl (C=O) groups excluding carboxylic acids is 2. The molecular formula is C10H6ClNO3. The third kappa shape index (κ3) is 1.85. The lowest BCUT2D eigenvalue weighted by molar-refractivity contribution is -0.132. The zero-order chi connectivity index (χ0) is 10.8. The zero-order valence-electron chi connectivity index (χ0n) is 7.51. The third-order valence-electron chi connectivity index (χ3n) is 1.81. The first-order valence-electron chi connectivity index (χ1n) is 4.17. The molecule has 0 saturated carbocycles. The second-order valence-electron chi connectivity index (χ2n) is 2.85. The number of imide groups is 1. The minimum Gasteiger partial charge on any atom is -0.451 e. The fraction of sp³-hybridized carbons (Fsp3) is 0. The van der Waals surface area contributed by atoms with E-state index in [1.165, 1.54) is 0 Å². The van der Waals surface area contributed by atoms with Gasteiger partial charge in [-0.3, -0.25) is 9.59 Å². The van der Waals surface area contributed by atoms with Crippen LogP contribution in [0.2, 0.25) is 0 Å². The highest BCUT2D eigenvalue weighted by Crippen LogP contribution is 2.19. The van der Waals surface area contributed by atoms with Crippen LogP contribution in [0.1, 0.15) is 0 Å². The van der Waals surface area contributed by atoms with E-state index in [0.717, 1.165) is 6.08 Å². The molecule has 1 heterocycles. The molecule has 0 atom stereocenters. The summed E-state index contributed by atoms with van der Waals surface area (Å²) in [6, 6.07) is 8.69. The summed E-state index contributed by atoms with van der Waals surface area (Å²) >= 11 is 5.38. The second-order valence-corrected chi connectivity index (χ2v) is 3.19. The van der Waals surface area contributed by atoms with Gasteiger partial charge in [0.05, 0.1) is 6.08 Å². The zero-order valence-corrected chi connectivity index (χ0v) is 8.27. The lowest BCUT2D eigenvalue weighted by atomic mass is 10.3. The first-order chi connectivity index (χ1) is 7.18. The van der Waals surface area contributed by atoms with Crippen LogP contribution in [0.25, 0.3) is 0 Å². The van der Waals surface area contributed by atoms with Gasteiger partial charge in [-0.2, -0.15) is 4.42 Å². The van der Waals surface area contributed by atoms with E-state index in [9.17, 15) is 9.59 Å². The Balaban J connectivity index is 2.18. The van der Waals surface area contributed by atoms with Crippen LogP contribution in [0, 0.1) is 0 Å². The van der Waals surface area contributed by atoms with Gasteiger partial charge in [-0.25, -0.2) is 0 Å². The maximum atomic E-state index is 11.3. The average Bonchev–Trinajstić information content (AvgIpc) is 2.48. The Bertz CT molecular complexity index is 441. The van der Waals surface area contributed by atoms with Crippen molar-refractivity contribution in [1.29, 1.82) is 0 Å². The van der Waals surface area contributed by atoms with Gasteiger partial charge >= 0.3 is 5.91 Å². The number of amides is 2. The van der Waals surface area contributed by atoms with Gasteiger partial charge in [-0.1, -0.05) is 18.2 Å². The van der Waals surface area contributed by atoms with Crippen molar-refractivity contribution < 1.29 is 14.3 Å². The van der Waals surface area contributed by atoms with Gasteiger partial charge < -0.3 is 4.74 Å². The standard InChI is InChI=1S/C10H6ClNO3/c11-12-9(13)6-8(10(12)14)15-7-4-2-1-3-5-7/h1-6H. The molecule has 0 saturated heterocycles. The van der Waals surface area contributed by atoms with Gasteiger partial charge in [0.2, 0.25) is 0 Å². The number of carbonyl (C=O) groups is 2. The highest BCUT2D eigenvalue weighted by Gasteiger charge is 2.31. The molecule has 0 aliphatic carbocycles. The molecule has 0 spiro atoms. The Labute approximate surface area is 90.8 Å². The molecule has 0 fully saturated rings. The molecule has 1 aliphatic heterocycles. The van der Waals surface area contributed by atoms with Crippen LogP contribution in [-0.2, 0) is 9.59 Å². The summed E-state index contributed by atoms with van der Waals surface area (Å²) in [6.07, 6.45) is 1.06. The maximum absolute atomic E-state index is 11.3. The van der Waals surface area contributed by atoms with E-state index in [2.05, 4.69) is 0 Å². The molecule has 1 aliphatic rings. The number of nitrogens with zero attached hydrogens (tertiary/aromatic N) is 1. The van der Waals surface area contributed by atoms with E-state index >= 15 is 0 Å². The molecule has 5 heteroatoms. The molecule has 15 heavy (non-hydrogen) atoms. The number of benzene rings is 1. The summed E-state index contributed by atoms with van der Waals surface area (Å²) in [5, 5.41) is 0. The monoisotopic (exact) mass is 223 g/mol. The summed E-state index contributed by atoms with van der Waals surface area (Å²) in [7, 11) is 0. The summed E-state index contributed by atoms with van der Waals surface area (Å²) in [5.41, 5.74) is 0. The summed E-state index contributed by atoms with van der Waals surface area (Å²) in [6.45, 7) is 0. The second kappa shape index (κ2) is 3.74. The fourth-order valence-corrected chi connectivity index (χ4v) is 1.25. The van der Waals surface area contributed by atoms with E-state index in [4.69, 9.17) is 16.5 Å². The lowest BCUT2D eigenvalue weighted by Gasteiger charge is -2.05. The van der Waals surface area contributed by atoms with E-state index in [-0.39, 0.29) is 5.76 Å². The molecule has 4 nitrogen and oxygen atoms in total. The lowest BCUT2D eigenvalue weighted by Crippen LogP contribution is -2.21. The van der Waals surface area contributed by atoms with Crippen molar-refractivity contribution in [2.75, 3.05) is 0 Å². The molecule has 0 N–H and O–H groups in total. The van der Waals surface area contributed by atoms with Crippen molar-refractivity contribution in [1.82, 2.24) is 4.42 Å². The summed E-state index contributed by atoms with van der Waals surface area (Å²) in [5.74, 6) is -0.823. The van der Waals surface area contributed by atoms with Gasteiger partial charge in [0.15, 0.2) is 5.76 Å². The molecule has 0 radical (unpaired) electrons. The molecular weight excluding hydrogens is 218 g/mol. The molecule has 2 amide bonds. The molecule has 2 rings (SSSR count). The Morgan fingerprint density at radius 3 is 2.33 bits per heavy atom. The van der Waals surface area contributed by atoms with E-state index in [1.54, 1.807) is 24.3 Å². The van der Waals surface area contributed by atoms with Crippen LogP contribution >= 0.6 is 11.8 Å². The minimum absolute atomic E-state index is 0.0683. The highest BCUT2D eigenvalue weighted by molar-refractivity contribution is 6.36.